The van der Waals surface area contributed by atoms with Gasteiger partial charge in [-0.15, -0.1) is 0 Å². The lowest BCUT2D eigenvalue weighted by Crippen LogP contribution is -2.16. The Labute approximate surface area is 152 Å². The van der Waals surface area contributed by atoms with Crippen LogP contribution in [-0.4, -0.2) is 11.1 Å². The average Bonchev–Trinajstić information content (AvgIpc) is 2.98. The Morgan fingerprint density at radius 3 is 2.69 bits per heavy atom. The maximum Gasteiger partial charge on any atom is 0.278 e. The van der Waals surface area contributed by atoms with E-state index in [0.29, 0.717) is 22.1 Å². The zero-order valence-electron chi connectivity index (χ0n) is 13.6. The van der Waals surface area contributed by atoms with Gasteiger partial charge in [-0.1, -0.05) is 16.8 Å². The number of rotatable bonds is 5. The van der Waals surface area contributed by atoms with Crippen molar-refractivity contribution < 1.29 is 22.8 Å². The highest BCUT2D eigenvalue weighted by molar-refractivity contribution is 6.30. The number of carbonyl (C=O) groups is 1. The molecule has 5 nitrogen and oxygen atoms in total. The van der Waals surface area contributed by atoms with Crippen molar-refractivity contribution in [1.29, 1.82) is 0 Å². The molecular weight excluding hydrogens is 366 g/mol. The Kier molecular flexibility index (Phi) is 5.18. The minimum absolute atomic E-state index is 0.00531. The second-order valence-electron chi connectivity index (χ2n) is 5.39. The average molecular weight is 379 g/mol. The largest absolute Gasteiger partial charge is 0.489 e. The van der Waals surface area contributed by atoms with E-state index in [1.54, 1.807) is 31.2 Å². The van der Waals surface area contributed by atoms with Gasteiger partial charge >= 0.3 is 0 Å². The number of aromatic nitrogens is 1. The number of hydrogen-bond acceptors (Lipinski definition) is 4. The normalized spacial score (nSPS) is 10.6. The lowest BCUT2D eigenvalue weighted by molar-refractivity contribution is 0.101. The number of hydrogen-bond donors (Lipinski definition) is 1. The van der Waals surface area contributed by atoms with E-state index in [1.165, 1.54) is 0 Å². The molecule has 0 aliphatic carbocycles. The lowest BCUT2D eigenvalue weighted by Gasteiger charge is -2.08. The van der Waals surface area contributed by atoms with Crippen molar-refractivity contribution in [2.45, 2.75) is 13.5 Å². The summed E-state index contributed by atoms with van der Waals surface area (Å²) in [4.78, 5) is 12.4. The molecule has 0 atom stereocenters. The summed E-state index contributed by atoms with van der Waals surface area (Å²) >= 11 is 5.81. The fourth-order valence-corrected chi connectivity index (χ4v) is 2.33. The third-order valence-electron chi connectivity index (χ3n) is 3.57. The molecule has 0 aliphatic rings. The van der Waals surface area contributed by atoms with Crippen LogP contribution in [0.2, 0.25) is 5.02 Å². The molecule has 0 saturated carbocycles. The molecular formula is C18H13ClF2N2O3. The summed E-state index contributed by atoms with van der Waals surface area (Å²) in [5, 5.41) is 6.53. The summed E-state index contributed by atoms with van der Waals surface area (Å²) in [6, 6.07) is 9.43. The van der Waals surface area contributed by atoms with Gasteiger partial charge in [0.15, 0.2) is 5.69 Å². The summed E-state index contributed by atoms with van der Waals surface area (Å²) in [6.45, 7) is 1.62. The van der Waals surface area contributed by atoms with Crippen LogP contribution in [0.15, 0.2) is 47.0 Å². The quantitative estimate of drug-likeness (QED) is 0.696. The molecule has 0 radical (unpaired) electrons. The van der Waals surface area contributed by atoms with Gasteiger partial charge in [-0.3, -0.25) is 4.79 Å². The molecule has 0 unspecified atom stereocenters. The molecule has 1 aromatic heterocycles. The van der Waals surface area contributed by atoms with Crippen molar-refractivity contribution in [3.63, 3.8) is 0 Å². The minimum Gasteiger partial charge on any atom is -0.489 e. The second-order valence-corrected chi connectivity index (χ2v) is 5.82. The van der Waals surface area contributed by atoms with Crippen LogP contribution >= 0.6 is 11.6 Å². The van der Waals surface area contributed by atoms with Crippen molar-refractivity contribution in [3.8, 4) is 5.75 Å². The van der Waals surface area contributed by atoms with E-state index in [4.69, 9.17) is 20.9 Å². The number of anilines is 1. The number of benzene rings is 2. The summed E-state index contributed by atoms with van der Waals surface area (Å²) in [5.41, 5.74) is 0.0367. The van der Waals surface area contributed by atoms with Gasteiger partial charge in [0.2, 0.25) is 0 Å². The molecule has 0 aliphatic heterocycles. The van der Waals surface area contributed by atoms with E-state index in [1.807, 2.05) is 0 Å². The Morgan fingerprint density at radius 2 is 1.96 bits per heavy atom. The zero-order valence-corrected chi connectivity index (χ0v) is 14.3. The third kappa shape index (κ3) is 4.00. The van der Waals surface area contributed by atoms with Gasteiger partial charge < -0.3 is 14.6 Å². The Hall–Kier alpha value is -2.93. The predicted molar refractivity (Wildman–Crippen MR) is 91.3 cm³/mol. The molecule has 3 aromatic rings. The van der Waals surface area contributed by atoms with Crippen molar-refractivity contribution in [1.82, 2.24) is 5.16 Å². The topological polar surface area (TPSA) is 64.4 Å². The van der Waals surface area contributed by atoms with Crippen LogP contribution < -0.4 is 10.1 Å². The maximum atomic E-state index is 13.7. The van der Waals surface area contributed by atoms with E-state index in [0.717, 1.165) is 18.2 Å². The second kappa shape index (κ2) is 7.53. The Balaban J connectivity index is 1.77. The number of nitrogens with zero attached hydrogens (tertiary/aromatic N) is 1. The molecule has 26 heavy (non-hydrogen) atoms. The first-order valence-electron chi connectivity index (χ1n) is 7.54. The number of halogens is 3. The first-order chi connectivity index (χ1) is 12.4. The number of amides is 1. The molecule has 1 amide bonds. The fourth-order valence-electron chi connectivity index (χ4n) is 2.20. The highest BCUT2D eigenvalue weighted by atomic mass is 35.5. The van der Waals surface area contributed by atoms with Crippen molar-refractivity contribution in [3.05, 3.63) is 76.1 Å². The summed E-state index contributed by atoms with van der Waals surface area (Å²) in [7, 11) is 0. The molecule has 1 N–H and O–H groups in total. The first kappa shape index (κ1) is 17.9. The molecule has 2 aromatic carbocycles. The van der Waals surface area contributed by atoms with Crippen molar-refractivity contribution in [2.75, 3.05) is 5.32 Å². The van der Waals surface area contributed by atoms with Gasteiger partial charge in [0.05, 0.1) is 11.3 Å². The van der Waals surface area contributed by atoms with Crippen LogP contribution in [0.1, 0.15) is 21.8 Å². The predicted octanol–water partition coefficient (Wildman–Crippen LogP) is 4.75. The SMILES string of the molecule is Cc1onc(C(=O)Nc2cc(F)ccc2F)c1COc1ccc(Cl)cc1. The Morgan fingerprint density at radius 1 is 1.23 bits per heavy atom. The smallest absolute Gasteiger partial charge is 0.278 e. The Bertz CT molecular complexity index is 942. The van der Waals surface area contributed by atoms with Crippen molar-refractivity contribution in [2.24, 2.45) is 0 Å². The van der Waals surface area contributed by atoms with Gasteiger partial charge in [0.1, 0.15) is 29.8 Å². The minimum atomic E-state index is -0.765. The van der Waals surface area contributed by atoms with E-state index < -0.39 is 17.5 Å². The van der Waals surface area contributed by atoms with Gasteiger partial charge in [-0.25, -0.2) is 8.78 Å². The molecule has 0 saturated heterocycles. The summed E-state index contributed by atoms with van der Waals surface area (Å²) < 4.78 is 37.6. The highest BCUT2D eigenvalue weighted by Crippen LogP contribution is 2.22. The van der Waals surface area contributed by atoms with E-state index in [-0.39, 0.29) is 18.0 Å². The number of ether oxygens (including phenoxy) is 1. The molecule has 1 heterocycles. The molecule has 3 rings (SSSR count). The maximum absolute atomic E-state index is 13.7. The van der Waals surface area contributed by atoms with Crippen LogP contribution in [0, 0.1) is 18.6 Å². The van der Waals surface area contributed by atoms with Crippen LogP contribution in [0.5, 0.6) is 5.75 Å². The van der Waals surface area contributed by atoms with E-state index >= 15 is 0 Å². The third-order valence-corrected chi connectivity index (χ3v) is 3.83. The molecule has 0 bridgehead atoms. The summed E-state index contributed by atoms with van der Waals surface area (Å²) in [6.07, 6.45) is 0. The lowest BCUT2D eigenvalue weighted by atomic mass is 10.2. The highest BCUT2D eigenvalue weighted by Gasteiger charge is 2.21. The summed E-state index contributed by atoms with van der Waals surface area (Å²) in [5.74, 6) is -1.26. The van der Waals surface area contributed by atoms with Crippen LogP contribution in [-0.2, 0) is 6.61 Å². The van der Waals surface area contributed by atoms with Crippen LogP contribution in [0.25, 0.3) is 0 Å². The molecule has 134 valence electrons. The van der Waals surface area contributed by atoms with E-state index in [9.17, 15) is 13.6 Å². The standard InChI is InChI=1S/C18H13ClF2N2O3/c1-10-14(9-25-13-5-2-11(19)3-6-13)17(23-26-10)18(24)22-16-8-12(20)4-7-15(16)21/h2-8H,9H2,1H3,(H,22,24). The van der Waals surface area contributed by atoms with E-state index in [2.05, 4.69) is 10.5 Å². The fraction of sp³-hybridized carbons (Fsp3) is 0.111. The van der Waals surface area contributed by atoms with Crippen LogP contribution in [0.3, 0.4) is 0 Å². The number of aryl methyl sites for hydroxylation is 1. The molecule has 0 spiro atoms. The van der Waals surface area contributed by atoms with Gasteiger partial charge in [0.25, 0.3) is 5.91 Å². The zero-order chi connectivity index (χ0) is 18.7. The van der Waals surface area contributed by atoms with Gasteiger partial charge in [-0.05, 0) is 43.3 Å². The molecule has 0 fully saturated rings. The number of carbonyl (C=O) groups excluding carboxylic acids is 1. The van der Waals surface area contributed by atoms with Crippen molar-refractivity contribution >= 4 is 23.2 Å². The monoisotopic (exact) mass is 378 g/mol. The molecule has 8 heteroatoms. The first-order valence-corrected chi connectivity index (χ1v) is 7.92. The number of nitrogens with one attached hydrogen (secondary N) is 1. The van der Waals surface area contributed by atoms with Crippen LogP contribution in [0.4, 0.5) is 14.5 Å². The van der Waals surface area contributed by atoms with Gasteiger partial charge in [-0.2, -0.15) is 0 Å². The van der Waals surface area contributed by atoms with Gasteiger partial charge in [0, 0.05) is 11.1 Å².